The summed E-state index contributed by atoms with van der Waals surface area (Å²) in [6.45, 7) is 5.24. The molecule has 148 valence electrons. The molecule has 27 heavy (non-hydrogen) atoms. The highest BCUT2D eigenvalue weighted by Gasteiger charge is 2.24. The molecule has 0 aliphatic carbocycles. The van der Waals surface area contributed by atoms with Crippen LogP contribution in [-0.4, -0.2) is 73.8 Å². The van der Waals surface area contributed by atoms with Gasteiger partial charge in [0.05, 0.1) is 19.8 Å². The van der Waals surface area contributed by atoms with Gasteiger partial charge in [-0.25, -0.2) is 0 Å². The Bertz CT molecular complexity index is 628. The zero-order chi connectivity index (χ0) is 19.5. The van der Waals surface area contributed by atoms with Crippen LogP contribution in [0.1, 0.15) is 0 Å². The molecule has 2 rings (SSSR count). The Balaban J connectivity index is 1.71. The van der Waals surface area contributed by atoms with E-state index < -0.39 is 0 Å². The van der Waals surface area contributed by atoms with Crippen molar-refractivity contribution in [3.8, 4) is 18.1 Å². The van der Waals surface area contributed by atoms with E-state index in [0.717, 1.165) is 24.5 Å². The van der Waals surface area contributed by atoms with E-state index in [9.17, 15) is 4.79 Å². The Kier molecular flexibility index (Phi) is 9.98. The molecule has 1 fully saturated rings. The second-order valence-electron chi connectivity index (χ2n) is 5.83. The summed E-state index contributed by atoms with van der Waals surface area (Å²) in [5.41, 5.74) is 1.09. The second kappa shape index (κ2) is 12.2. The van der Waals surface area contributed by atoms with Gasteiger partial charge in [-0.1, -0.05) is 43.8 Å². The third kappa shape index (κ3) is 7.70. The van der Waals surface area contributed by atoms with Crippen molar-refractivity contribution in [2.24, 2.45) is 0 Å². The van der Waals surface area contributed by atoms with Gasteiger partial charge in [0.25, 0.3) is 0 Å². The number of ether oxygens (including phenoxy) is 3. The van der Waals surface area contributed by atoms with Crippen molar-refractivity contribution in [1.29, 1.82) is 0 Å². The first-order chi connectivity index (χ1) is 13.1. The van der Waals surface area contributed by atoms with Gasteiger partial charge in [-0.2, -0.15) is 0 Å². The van der Waals surface area contributed by atoms with Gasteiger partial charge in [0.2, 0.25) is 5.91 Å². The van der Waals surface area contributed by atoms with E-state index in [1.165, 1.54) is 0 Å². The number of rotatable bonds is 10. The van der Waals surface area contributed by atoms with Gasteiger partial charge in [0.15, 0.2) is 0 Å². The minimum Gasteiger partial charge on any atom is -0.491 e. The van der Waals surface area contributed by atoms with Crippen molar-refractivity contribution < 1.29 is 19.0 Å². The van der Waals surface area contributed by atoms with Gasteiger partial charge in [-0.05, 0) is 12.1 Å². The fraction of sp³-hybridized carbons (Fsp3) is 0.526. The van der Waals surface area contributed by atoms with Crippen LogP contribution in [0.4, 0.5) is 5.69 Å². The molecule has 0 aromatic heterocycles. The van der Waals surface area contributed by atoms with Gasteiger partial charge in [-0.3, -0.25) is 4.79 Å². The van der Waals surface area contributed by atoms with E-state index >= 15 is 0 Å². The van der Waals surface area contributed by atoms with Crippen LogP contribution in [0.3, 0.4) is 0 Å². The van der Waals surface area contributed by atoms with E-state index in [2.05, 4.69) is 48.7 Å². The monoisotopic (exact) mass is 502 g/mol. The highest BCUT2D eigenvalue weighted by Crippen LogP contribution is 2.23. The molecule has 1 aliphatic heterocycles. The van der Waals surface area contributed by atoms with Crippen LogP contribution >= 0.6 is 31.9 Å². The zero-order valence-corrected chi connectivity index (χ0v) is 18.3. The number of halogens is 2. The van der Waals surface area contributed by atoms with Crippen LogP contribution in [0, 0.1) is 12.3 Å². The van der Waals surface area contributed by atoms with E-state index in [1.807, 2.05) is 23.1 Å². The topological polar surface area (TPSA) is 51.2 Å². The van der Waals surface area contributed by atoms with Crippen molar-refractivity contribution in [2.45, 2.75) is 3.74 Å². The number of hydrogen-bond donors (Lipinski definition) is 0. The Morgan fingerprint density at radius 3 is 2.52 bits per heavy atom. The summed E-state index contributed by atoms with van der Waals surface area (Å²) in [6.07, 6.45) is 5.09. The maximum Gasteiger partial charge on any atom is 0.247 e. The number of carbonyl (C=O) groups excluding carboxylic acids is 1. The van der Waals surface area contributed by atoms with Crippen molar-refractivity contribution in [3.05, 3.63) is 24.3 Å². The maximum atomic E-state index is 12.0. The van der Waals surface area contributed by atoms with Crippen LogP contribution in [-0.2, 0) is 14.3 Å². The molecule has 1 aromatic carbocycles. The number of amides is 1. The van der Waals surface area contributed by atoms with Gasteiger partial charge in [-0.15, -0.1) is 6.42 Å². The minimum absolute atomic E-state index is 0.0661. The van der Waals surface area contributed by atoms with Crippen LogP contribution < -0.4 is 9.64 Å². The molecule has 1 saturated heterocycles. The lowest BCUT2D eigenvalue weighted by Gasteiger charge is -2.36. The maximum absolute atomic E-state index is 12.0. The average molecular weight is 504 g/mol. The van der Waals surface area contributed by atoms with E-state index in [4.69, 9.17) is 20.6 Å². The standard InChI is InChI=1S/C19H24Br2N2O4/c1-2-10-25-11-12-26-13-14-27-17-5-3-4-16(15-17)22-6-8-23(9-7-22)19(24)18(20)21/h1,3-5,15,18H,6-14H2. The van der Waals surface area contributed by atoms with Crippen molar-refractivity contribution in [2.75, 3.05) is 64.1 Å². The van der Waals surface area contributed by atoms with Crippen LogP contribution in [0.15, 0.2) is 24.3 Å². The largest absolute Gasteiger partial charge is 0.491 e. The molecule has 1 aromatic rings. The predicted octanol–water partition coefficient (Wildman–Crippen LogP) is 2.50. The van der Waals surface area contributed by atoms with Crippen molar-refractivity contribution >= 4 is 43.5 Å². The molecule has 0 unspecified atom stereocenters. The summed E-state index contributed by atoms with van der Waals surface area (Å²) in [5, 5.41) is 0. The molecule has 6 nitrogen and oxygen atoms in total. The SMILES string of the molecule is C#CCOCCOCCOc1cccc(N2CCN(C(=O)C(Br)Br)CC2)c1. The summed E-state index contributed by atoms with van der Waals surface area (Å²) < 4.78 is 16.0. The number of hydrogen-bond acceptors (Lipinski definition) is 5. The molecule has 1 aliphatic rings. The molecule has 0 atom stereocenters. The molecule has 8 heteroatoms. The molecule has 0 spiro atoms. The molecule has 1 amide bonds. The molecular weight excluding hydrogens is 480 g/mol. The molecule has 0 saturated carbocycles. The second-order valence-corrected chi connectivity index (χ2v) is 8.89. The van der Waals surface area contributed by atoms with Crippen LogP contribution in [0.5, 0.6) is 5.75 Å². The van der Waals surface area contributed by atoms with Gasteiger partial charge in [0.1, 0.15) is 22.7 Å². The van der Waals surface area contributed by atoms with Crippen molar-refractivity contribution in [3.63, 3.8) is 0 Å². The lowest BCUT2D eigenvalue weighted by atomic mass is 10.2. The Hall–Kier alpha value is -1.27. The summed E-state index contributed by atoms with van der Waals surface area (Å²) in [4.78, 5) is 16.1. The van der Waals surface area contributed by atoms with E-state index in [1.54, 1.807) is 0 Å². The van der Waals surface area contributed by atoms with E-state index in [0.29, 0.717) is 46.1 Å². The number of benzene rings is 1. The first kappa shape index (κ1) is 22.0. The van der Waals surface area contributed by atoms with Crippen LogP contribution in [0.2, 0.25) is 0 Å². The number of terminal acetylenes is 1. The van der Waals surface area contributed by atoms with Crippen LogP contribution in [0.25, 0.3) is 0 Å². The molecule has 0 N–H and O–H groups in total. The van der Waals surface area contributed by atoms with Gasteiger partial charge < -0.3 is 24.0 Å². The Labute approximate surface area is 177 Å². The lowest BCUT2D eigenvalue weighted by molar-refractivity contribution is -0.129. The molecule has 1 heterocycles. The molecule has 0 bridgehead atoms. The number of alkyl halides is 2. The minimum atomic E-state index is -0.320. The van der Waals surface area contributed by atoms with Gasteiger partial charge in [0, 0.05) is 37.9 Å². The first-order valence-electron chi connectivity index (χ1n) is 8.75. The number of anilines is 1. The Morgan fingerprint density at radius 2 is 1.81 bits per heavy atom. The fourth-order valence-electron chi connectivity index (χ4n) is 2.66. The number of nitrogens with zero attached hydrogens (tertiary/aromatic N) is 2. The van der Waals surface area contributed by atoms with Crippen molar-refractivity contribution in [1.82, 2.24) is 4.90 Å². The first-order valence-corrected chi connectivity index (χ1v) is 10.6. The summed E-state index contributed by atoms with van der Waals surface area (Å²) in [5.74, 6) is 3.28. The summed E-state index contributed by atoms with van der Waals surface area (Å²) in [7, 11) is 0. The summed E-state index contributed by atoms with van der Waals surface area (Å²) >= 11 is 6.53. The lowest BCUT2D eigenvalue weighted by Crippen LogP contribution is -2.50. The highest BCUT2D eigenvalue weighted by molar-refractivity contribution is 9.25. The third-order valence-electron chi connectivity index (χ3n) is 4.01. The summed E-state index contributed by atoms with van der Waals surface area (Å²) in [6, 6.07) is 7.98. The number of piperazine rings is 1. The molecule has 0 radical (unpaired) electrons. The average Bonchev–Trinajstić information content (AvgIpc) is 2.69. The predicted molar refractivity (Wildman–Crippen MR) is 113 cm³/mol. The normalized spacial score (nSPS) is 14.3. The quantitative estimate of drug-likeness (QED) is 0.279. The van der Waals surface area contributed by atoms with E-state index in [-0.39, 0.29) is 9.64 Å². The van der Waals surface area contributed by atoms with Gasteiger partial charge >= 0.3 is 0 Å². The number of carbonyl (C=O) groups is 1. The Morgan fingerprint density at radius 1 is 1.11 bits per heavy atom. The fourth-order valence-corrected chi connectivity index (χ4v) is 3.24. The zero-order valence-electron chi connectivity index (χ0n) is 15.1. The smallest absolute Gasteiger partial charge is 0.247 e. The highest BCUT2D eigenvalue weighted by atomic mass is 79.9. The molecular formula is C19H24Br2N2O4. The third-order valence-corrected chi connectivity index (χ3v) is 4.80.